The van der Waals surface area contributed by atoms with Crippen LogP contribution in [0.25, 0.3) is 11.1 Å². The smallest absolute Gasteiger partial charge is 0.336 e. The molecule has 5 nitrogen and oxygen atoms in total. The molecule has 0 spiro atoms. The van der Waals surface area contributed by atoms with Crippen LogP contribution in [-0.4, -0.2) is 23.5 Å². The lowest BCUT2D eigenvalue weighted by Gasteiger charge is -2.32. The molecular weight excluding hydrogens is 498 g/mol. The summed E-state index contributed by atoms with van der Waals surface area (Å²) in [6.07, 6.45) is 1.81. The second kappa shape index (κ2) is 11.1. The second-order valence-corrected chi connectivity index (χ2v) is 9.78. The fraction of sp³-hybridized carbons (Fsp3) is 0.188. The first kappa shape index (κ1) is 26.1. The Labute approximate surface area is 225 Å². The van der Waals surface area contributed by atoms with E-state index in [0.717, 1.165) is 53.9 Å². The van der Waals surface area contributed by atoms with Crippen molar-refractivity contribution < 1.29 is 23.5 Å². The van der Waals surface area contributed by atoms with Crippen molar-refractivity contribution >= 4 is 17.6 Å². The fourth-order valence-corrected chi connectivity index (χ4v) is 5.06. The number of benzene rings is 4. The first-order chi connectivity index (χ1) is 18.8. The van der Waals surface area contributed by atoms with Gasteiger partial charge in [0.25, 0.3) is 5.91 Å². The Morgan fingerprint density at radius 3 is 2.46 bits per heavy atom. The van der Waals surface area contributed by atoms with Crippen LogP contribution >= 0.6 is 0 Å². The second-order valence-electron chi connectivity index (χ2n) is 9.78. The largest absolute Gasteiger partial charge is 0.478 e. The van der Waals surface area contributed by atoms with Gasteiger partial charge in [-0.1, -0.05) is 48.5 Å². The SMILES string of the molecule is CC(NC(=O)c1ccc2c(c1)CCCN2Cc1ccc(-c2ccccc2C(=O)O)cc1)c1ccc(F)c(F)c1. The summed E-state index contributed by atoms with van der Waals surface area (Å²) in [5.41, 5.74) is 6.08. The van der Waals surface area contributed by atoms with Gasteiger partial charge >= 0.3 is 5.97 Å². The van der Waals surface area contributed by atoms with Gasteiger partial charge in [-0.2, -0.15) is 0 Å². The topological polar surface area (TPSA) is 69.6 Å². The lowest BCUT2D eigenvalue weighted by molar-refractivity contribution is 0.0697. The minimum Gasteiger partial charge on any atom is -0.478 e. The van der Waals surface area contributed by atoms with E-state index in [1.54, 1.807) is 25.1 Å². The Kier molecular flexibility index (Phi) is 7.41. The molecule has 1 unspecified atom stereocenters. The molecule has 1 aliphatic heterocycles. The molecule has 7 heteroatoms. The van der Waals surface area contributed by atoms with Crippen molar-refractivity contribution in [3.05, 3.63) is 124 Å². The minimum atomic E-state index is -0.952. The van der Waals surface area contributed by atoms with Crippen LogP contribution in [0.15, 0.2) is 84.9 Å². The number of nitrogens with zero attached hydrogens (tertiary/aromatic N) is 1. The van der Waals surface area contributed by atoms with Crippen molar-refractivity contribution in [2.24, 2.45) is 0 Å². The average molecular weight is 527 g/mol. The fourth-order valence-electron chi connectivity index (χ4n) is 5.06. The van der Waals surface area contributed by atoms with Gasteiger partial charge in [-0.25, -0.2) is 13.6 Å². The molecule has 0 radical (unpaired) electrons. The van der Waals surface area contributed by atoms with Crippen molar-refractivity contribution in [1.29, 1.82) is 0 Å². The van der Waals surface area contributed by atoms with E-state index in [2.05, 4.69) is 10.2 Å². The maximum atomic E-state index is 13.6. The van der Waals surface area contributed by atoms with Crippen LogP contribution in [0.1, 0.15) is 56.8 Å². The number of anilines is 1. The molecule has 0 aromatic heterocycles. The van der Waals surface area contributed by atoms with E-state index >= 15 is 0 Å². The van der Waals surface area contributed by atoms with Crippen molar-refractivity contribution in [1.82, 2.24) is 5.32 Å². The third kappa shape index (κ3) is 5.67. The number of halogens is 2. The number of fused-ring (bicyclic) bond motifs is 1. The van der Waals surface area contributed by atoms with E-state index in [0.29, 0.717) is 23.2 Å². The van der Waals surface area contributed by atoms with E-state index < -0.39 is 23.6 Å². The minimum absolute atomic E-state index is 0.272. The number of carbonyl (C=O) groups excluding carboxylic acids is 1. The van der Waals surface area contributed by atoms with E-state index in [4.69, 9.17) is 0 Å². The van der Waals surface area contributed by atoms with E-state index in [1.165, 1.54) is 6.07 Å². The van der Waals surface area contributed by atoms with Crippen molar-refractivity contribution in [3.8, 4) is 11.1 Å². The number of carboxylic acid groups (broad SMARTS) is 1. The summed E-state index contributed by atoms with van der Waals surface area (Å²) in [4.78, 5) is 26.8. The molecule has 1 aliphatic rings. The predicted octanol–water partition coefficient (Wildman–Crippen LogP) is 6.77. The van der Waals surface area contributed by atoms with Gasteiger partial charge in [0.2, 0.25) is 0 Å². The number of aryl methyl sites for hydroxylation is 1. The summed E-state index contributed by atoms with van der Waals surface area (Å²) < 4.78 is 26.9. The molecule has 2 N–H and O–H groups in total. The summed E-state index contributed by atoms with van der Waals surface area (Å²) >= 11 is 0. The number of amides is 1. The average Bonchev–Trinajstić information content (AvgIpc) is 2.94. The highest BCUT2D eigenvalue weighted by Gasteiger charge is 2.20. The number of hydrogen-bond donors (Lipinski definition) is 2. The van der Waals surface area contributed by atoms with Crippen LogP contribution in [0.2, 0.25) is 0 Å². The molecule has 1 amide bonds. The highest BCUT2D eigenvalue weighted by molar-refractivity contribution is 5.96. The highest BCUT2D eigenvalue weighted by Crippen LogP contribution is 2.31. The zero-order chi connectivity index (χ0) is 27.5. The van der Waals surface area contributed by atoms with Gasteiger partial charge in [-0.3, -0.25) is 4.79 Å². The van der Waals surface area contributed by atoms with Crippen molar-refractivity contribution in [2.45, 2.75) is 32.4 Å². The van der Waals surface area contributed by atoms with E-state index in [9.17, 15) is 23.5 Å². The lowest BCUT2D eigenvalue weighted by atomic mass is 9.97. The zero-order valence-electron chi connectivity index (χ0n) is 21.5. The maximum Gasteiger partial charge on any atom is 0.336 e. The summed E-state index contributed by atoms with van der Waals surface area (Å²) in [7, 11) is 0. The van der Waals surface area contributed by atoms with Crippen LogP contribution in [0.5, 0.6) is 0 Å². The molecule has 0 fully saturated rings. The van der Waals surface area contributed by atoms with Gasteiger partial charge in [-0.15, -0.1) is 0 Å². The molecule has 0 aliphatic carbocycles. The molecule has 0 bridgehead atoms. The maximum absolute atomic E-state index is 13.6. The zero-order valence-corrected chi connectivity index (χ0v) is 21.5. The standard InChI is InChI=1S/C32H28F2N2O3/c1-20(23-12-14-28(33)29(34)18-23)35-31(37)25-13-15-30-24(17-25)5-4-16-36(30)19-21-8-10-22(11-9-21)26-6-2-3-7-27(26)32(38)39/h2-3,6-15,17-18,20H,4-5,16,19H2,1H3,(H,35,37)(H,38,39). The van der Waals surface area contributed by atoms with Gasteiger partial charge in [-0.05, 0) is 84.0 Å². The van der Waals surface area contributed by atoms with Crippen molar-refractivity contribution in [3.63, 3.8) is 0 Å². The summed E-state index contributed by atoms with van der Waals surface area (Å²) in [6.45, 7) is 3.30. The van der Waals surface area contributed by atoms with Crippen LogP contribution in [0.4, 0.5) is 14.5 Å². The van der Waals surface area contributed by atoms with Crippen LogP contribution in [-0.2, 0) is 13.0 Å². The number of nitrogens with one attached hydrogen (secondary N) is 1. The van der Waals surface area contributed by atoms with Gasteiger partial charge in [0, 0.05) is 24.3 Å². The number of carboxylic acids is 1. The van der Waals surface area contributed by atoms with Crippen LogP contribution < -0.4 is 10.2 Å². The van der Waals surface area contributed by atoms with E-state index in [-0.39, 0.29) is 11.5 Å². The number of hydrogen-bond acceptors (Lipinski definition) is 3. The number of carbonyl (C=O) groups is 2. The Morgan fingerprint density at radius 1 is 0.949 bits per heavy atom. The molecule has 39 heavy (non-hydrogen) atoms. The number of aromatic carboxylic acids is 1. The highest BCUT2D eigenvalue weighted by atomic mass is 19.2. The van der Waals surface area contributed by atoms with Crippen LogP contribution in [0, 0.1) is 11.6 Å². The molecule has 1 atom stereocenters. The van der Waals surface area contributed by atoms with E-state index in [1.807, 2.05) is 48.5 Å². The van der Waals surface area contributed by atoms with Crippen LogP contribution in [0.3, 0.4) is 0 Å². The van der Waals surface area contributed by atoms with Gasteiger partial charge in [0.15, 0.2) is 11.6 Å². The molecule has 5 rings (SSSR count). The summed E-state index contributed by atoms with van der Waals surface area (Å²) in [5, 5.41) is 12.4. The van der Waals surface area contributed by atoms with Gasteiger partial charge < -0.3 is 15.3 Å². The Bertz CT molecular complexity index is 1540. The Hall–Kier alpha value is -4.52. The molecule has 1 heterocycles. The lowest BCUT2D eigenvalue weighted by Crippen LogP contribution is -2.30. The van der Waals surface area contributed by atoms with Crippen molar-refractivity contribution in [2.75, 3.05) is 11.4 Å². The molecule has 4 aromatic rings. The molecular formula is C32H28F2N2O3. The Morgan fingerprint density at radius 2 is 1.72 bits per heavy atom. The normalized spacial score (nSPS) is 13.5. The quantitative estimate of drug-likeness (QED) is 0.279. The monoisotopic (exact) mass is 526 g/mol. The van der Waals surface area contributed by atoms with Gasteiger partial charge in [0.1, 0.15) is 0 Å². The predicted molar refractivity (Wildman–Crippen MR) is 147 cm³/mol. The molecule has 198 valence electrons. The first-order valence-electron chi connectivity index (χ1n) is 12.9. The summed E-state index contributed by atoms with van der Waals surface area (Å²) in [5.74, 6) is -3.09. The molecule has 0 saturated carbocycles. The first-order valence-corrected chi connectivity index (χ1v) is 12.9. The molecule has 0 saturated heterocycles. The summed E-state index contributed by atoms with van der Waals surface area (Å²) in [6, 6.07) is 23.7. The Balaban J connectivity index is 1.29. The molecule has 4 aromatic carbocycles. The third-order valence-corrected chi connectivity index (χ3v) is 7.14. The van der Waals surface area contributed by atoms with Gasteiger partial charge in [0.05, 0.1) is 11.6 Å². The number of rotatable bonds is 7. The third-order valence-electron chi connectivity index (χ3n) is 7.14.